The first-order valence-electron chi connectivity index (χ1n) is 8.55. The maximum absolute atomic E-state index is 12.2. The third kappa shape index (κ3) is 4.90. The zero-order valence-corrected chi connectivity index (χ0v) is 16.1. The first-order valence-corrected chi connectivity index (χ1v) is 9.92. The number of unbranched alkanes of at least 4 members (excludes halogenated alkanes) is 1. The lowest BCUT2D eigenvalue weighted by Crippen LogP contribution is -2.30. The molecule has 1 aliphatic rings. The maximum atomic E-state index is 12.2. The van der Waals surface area contributed by atoms with E-state index in [4.69, 9.17) is 16.3 Å². The van der Waals surface area contributed by atoms with Crippen molar-refractivity contribution in [1.82, 2.24) is 4.90 Å². The van der Waals surface area contributed by atoms with Crippen molar-refractivity contribution in [2.45, 2.75) is 17.7 Å². The number of benzene rings is 2. The molecule has 0 N–H and O–H groups in total. The summed E-state index contributed by atoms with van der Waals surface area (Å²) in [5.41, 5.74) is 0.904. The number of rotatable bonds is 8. The molecule has 2 aromatic rings. The molecule has 1 aliphatic heterocycles. The summed E-state index contributed by atoms with van der Waals surface area (Å²) in [7, 11) is 0. The van der Waals surface area contributed by atoms with Crippen molar-refractivity contribution in [1.29, 1.82) is 0 Å². The third-order valence-corrected chi connectivity index (χ3v) is 5.33. The molecule has 7 heteroatoms. The number of hydrogen-bond donors (Lipinski definition) is 0. The number of ether oxygens (including phenoxy) is 1. The summed E-state index contributed by atoms with van der Waals surface area (Å²) in [6.07, 6.45) is 1.17. The second-order valence-electron chi connectivity index (χ2n) is 5.98. The van der Waals surface area contributed by atoms with Gasteiger partial charge in [-0.1, -0.05) is 23.7 Å². The number of amides is 2. The predicted octanol–water partition coefficient (Wildman–Crippen LogP) is 4.05. The van der Waals surface area contributed by atoms with Crippen LogP contribution in [0.5, 0.6) is 0 Å². The van der Waals surface area contributed by atoms with Gasteiger partial charge >= 0.3 is 5.97 Å². The number of hydrogen-bond acceptors (Lipinski definition) is 5. The van der Waals surface area contributed by atoms with Crippen LogP contribution >= 0.6 is 23.4 Å². The fourth-order valence-corrected chi connectivity index (χ4v) is 3.54. The lowest BCUT2D eigenvalue weighted by atomic mass is 10.1. The molecule has 140 valence electrons. The van der Waals surface area contributed by atoms with Crippen molar-refractivity contribution in [2.75, 3.05) is 18.9 Å². The average molecular weight is 404 g/mol. The van der Waals surface area contributed by atoms with E-state index in [0.29, 0.717) is 35.5 Å². The zero-order valence-electron chi connectivity index (χ0n) is 14.5. The van der Waals surface area contributed by atoms with Crippen LogP contribution < -0.4 is 0 Å². The molecule has 0 atom stereocenters. The van der Waals surface area contributed by atoms with Gasteiger partial charge in [0.25, 0.3) is 11.8 Å². The number of nitrogens with zero attached hydrogens (tertiary/aromatic N) is 1. The van der Waals surface area contributed by atoms with E-state index in [1.807, 2.05) is 12.1 Å². The first kappa shape index (κ1) is 19.5. The molecule has 0 aromatic heterocycles. The molecule has 1 heterocycles. The Hall–Kier alpha value is -2.31. The van der Waals surface area contributed by atoms with Crippen LogP contribution in [0.1, 0.15) is 33.6 Å². The van der Waals surface area contributed by atoms with Gasteiger partial charge in [0.15, 0.2) is 0 Å². The number of thioether (sulfide) groups is 1. The summed E-state index contributed by atoms with van der Waals surface area (Å²) in [6, 6.07) is 14.1. The monoisotopic (exact) mass is 403 g/mol. The van der Waals surface area contributed by atoms with Crippen molar-refractivity contribution < 1.29 is 19.1 Å². The average Bonchev–Trinajstić information content (AvgIpc) is 2.92. The van der Waals surface area contributed by atoms with Gasteiger partial charge in [-0.15, -0.1) is 11.8 Å². The van der Waals surface area contributed by atoms with Gasteiger partial charge in [0, 0.05) is 16.5 Å². The fourth-order valence-electron chi connectivity index (χ4n) is 2.71. The highest BCUT2D eigenvalue weighted by Gasteiger charge is 2.34. The highest BCUT2D eigenvalue weighted by atomic mass is 35.5. The molecule has 0 spiro atoms. The fraction of sp³-hybridized carbons (Fsp3) is 0.250. The molecular formula is C20H18ClNO4S. The summed E-state index contributed by atoms with van der Waals surface area (Å²) in [6.45, 7) is 0.590. The minimum atomic E-state index is -0.296. The Morgan fingerprint density at radius 1 is 0.963 bits per heavy atom. The molecule has 0 saturated carbocycles. The van der Waals surface area contributed by atoms with E-state index in [1.165, 1.54) is 16.7 Å². The Morgan fingerprint density at radius 2 is 1.59 bits per heavy atom. The zero-order chi connectivity index (χ0) is 19.2. The Bertz CT molecular complexity index is 818. The normalized spacial score (nSPS) is 13.0. The van der Waals surface area contributed by atoms with Gasteiger partial charge in [0.05, 0.1) is 23.5 Å². The molecule has 0 radical (unpaired) electrons. The van der Waals surface area contributed by atoms with Gasteiger partial charge in [-0.25, -0.2) is 0 Å². The molecule has 0 fully saturated rings. The van der Waals surface area contributed by atoms with Crippen LogP contribution in [-0.4, -0.2) is 41.6 Å². The van der Waals surface area contributed by atoms with Crippen LogP contribution in [0.4, 0.5) is 0 Å². The van der Waals surface area contributed by atoms with E-state index in [9.17, 15) is 14.4 Å². The summed E-state index contributed by atoms with van der Waals surface area (Å²) >= 11 is 7.20. The number of carbonyl (C=O) groups excluding carboxylic acids is 3. The molecule has 2 aromatic carbocycles. The van der Waals surface area contributed by atoms with Crippen molar-refractivity contribution in [3.63, 3.8) is 0 Å². The van der Waals surface area contributed by atoms with Crippen LogP contribution in [0.15, 0.2) is 53.4 Å². The maximum Gasteiger partial charge on any atom is 0.316 e. The largest absolute Gasteiger partial charge is 0.465 e. The molecule has 3 rings (SSSR count). The van der Waals surface area contributed by atoms with E-state index in [0.717, 1.165) is 4.90 Å². The lowest BCUT2D eigenvalue weighted by Gasteiger charge is -2.13. The van der Waals surface area contributed by atoms with Gasteiger partial charge in [0.2, 0.25) is 0 Å². The van der Waals surface area contributed by atoms with Crippen molar-refractivity contribution >= 4 is 41.1 Å². The molecule has 0 bridgehead atoms. The van der Waals surface area contributed by atoms with Gasteiger partial charge in [0.1, 0.15) is 0 Å². The van der Waals surface area contributed by atoms with Crippen LogP contribution in [0, 0.1) is 0 Å². The van der Waals surface area contributed by atoms with E-state index in [2.05, 4.69) is 0 Å². The smallest absolute Gasteiger partial charge is 0.316 e. The van der Waals surface area contributed by atoms with Gasteiger partial charge < -0.3 is 4.74 Å². The first-order chi connectivity index (χ1) is 13.1. The number of fused-ring (bicyclic) bond motifs is 1. The van der Waals surface area contributed by atoms with Gasteiger partial charge in [-0.2, -0.15) is 0 Å². The highest BCUT2D eigenvalue weighted by molar-refractivity contribution is 8.00. The molecule has 27 heavy (non-hydrogen) atoms. The molecule has 5 nitrogen and oxygen atoms in total. The number of halogens is 1. The Labute approximate surface area is 166 Å². The van der Waals surface area contributed by atoms with Crippen LogP contribution in [0.2, 0.25) is 5.02 Å². The minimum absolute atomic E-state index is 0.222. The summed E-state index contributed by atoms with van der Waals surface area (Å²) < 4.78 is 5.19. The van der Waals surface area contributed by atoms with E-state index >= 15 is 0 Å². The van der Waals surface area contributed by atoms with E-state index < -0.39 is 0 Å². The Kier molecular flexibility index (Phi) is 6.53. The third-order valence-electron chi connectivity index (χ3n) is 4.09. The van der Waals surface area contributed by atoms with Crippen LogP contribution in [-0.2, 0) is 9.53 Å². The SMILES string of the molecule is O=C(CSc1ccc(Cl)cc1)OCCCCN1C(=O)c2ccccc2C1=O. The standard InChI is InChI=1S/C20H18ClNO4S/c21-14-7-9-15(10-8-14)27-13-18(23)26-12-4-3-11-22-19(24)16-5-1-2-6-17(16)20(22)25/h1-2,5-10H,3-4,11-13H2. The lowest BCUT2D eigenvalue weighted by molar-refractivity contribution is -0.140. The summed E-state index contributed by atoms with van der Waals surface area (Å²) in [5, 5.41) is 0.653. The highest BCUT2D eigenvalue weighted by Crippen LogP contribution is 2.23. The molecule has 0 saturated heterocycles. The van der Waals surface area contributed by atoms with Crippen molar-refractivity contribution in [3.8, 4) is 0 Å². The van der Waals surface area contributed by atoms with Crippen molar-refractivity contribution in [3.05, 3.63) is 64.7 Å². The summed E-state index contributed by atoms with van der Waals surface area (Å²) in [4.78, 5) is 38.4. The minimum Gasteiger partial charge on any atom is -0.465 e. The number of carbonyl (C=O) groups is 3. The second kappa shape index (κ2) is 9.06. The van der Waals surface area contributed by atoms with Crippen molar-refractivity contribution in [2.24, 2.45) is 0 Å². The number of imide groups is 1. The van der Waals surface area contributed by atoms with E-state index in [1.54, 1.807) is 36.4 Å². The summed E-state index contributed by atoms with van der Waals surface area (Å²) in [5.74, 6) is -0.588. The van der Waals surface area contributed by atoms with Gasteiger partial charge in [-0.3, -0.25) is 19.3 Å². The Morgan fingerprint density at radius 3 is 2.22 bits per heavy atom. The molecule has 0 unspecified atom stereocenters. The molecule has 0 aliphatic carbocycles. The number of esters is 1. The Balaban J connectivity index is 1.34. The van der Waals surface area contributed by atoms with Gasteiger partial charge in [-0.05, 0) is 49.2 Å². The van der Waals surface area contributed by atoms with E-state index in [-0.39, 0.29) is 30.1 Å². The topological polar surface area (TPSA) is 63.7 Å². The van der Waals surface area contributed by atoms with Crippen LogP contribution in [0.25, 0.3) is 0 Å². The quantitative estimate of drug-likeness (QED) is 0.288. The second-order valence-corrected chi connectivity index (χ2v) is 7.46. The molecule has 2 amide bonds. The van der Waals surface area contributed by atoms with Crippen LogP contribution in [0.3, 0.4) is 0 Å². The molecular weight excluding hydrogens is 386 g/mol. The predicted molar refractivity (Wildman–Crippen MR) is 104 cm³/mol.